The summed E-state index contributed by atoms with van der Waals surface area (Å²) in [5.41, 5.74) is 1.19. The molecule has 1 atom stereocenters. The molecule has 0 saturated carbocycles. The van der Waals surface area contributed by atoms with Crippen LogP contribution < -0.4 is 11.0 Å². The highest BCUT2D eigenvalue weighted by Crippen LogP contribution is 2.25. The van der Waals surface area contributed by atoms with Gasteiger partial charge in [0, 0.05) is 42.3 Å². The third kappa shape index (κ3) is 7.32. The number of aromatic nitrogens is 2. The lowest BCUT2D eigenvalue weighted by molar-refractivity contribution is -0.192. The van der Waals surface area contributed by atoms with Gasteiger partial charge in [-0.3, -0.25) is 9.36 Å². The molecule has 0 radical (unpaired) electrons. The molecule has 1 aromatic heterocycles. The zero-order valence-electron chi connectivity index (χ0n) is 19.7. The van der Waals surface area contributed by atoms with Crippen molar-refractivity contribution in [3.05, 3.63) is 69.4 Å². The summed E-state index contributed by atoms with van der Waals surface area (Å²) in [6.45, 7) is 4.32. The van der Waals surface area contributed by atoms with Crippen LogP contribution in [0.5, 0.6) is 0 Å². The number of nitrogens with one attached hydrogen (secondary N) is 2. The average molecular weight is 545 g/mol. The number of nitrogens with zero attached hydrogens (tertiary/aromatic N) is 2. The number of carboxylic acid groups (broad SMARTS) is 1. The van der Waals surface area contributed by atoms with Gasteiger partial charge in [0.1, 0.15) is 11.3 Å². The third-order valence-electron chi connectivity index (χ3n) is 5.88. The van der Waals surface area contributed by atoms with Crippen molar-refractivity contribution in [2.75, 3.05) is 19.6 Å². The van der Waals surface area contributed by atoms with Gasteiger partial charge >= 0.3 is 17.8 Å². The van der Waals surface area contributed by atoms with Crippen molar-refractivity contribution in [3.63, 3.8) is 0 Å². The van der Waals surface area contributed by atoms with Gasteiger partial charge in [0.05, 0.1) is 5.52 Å². The van der Waals surface area contributed by atoms with Crippen molar-refractivity contribution in [2.24, 2.45) is 0 Å². The van der Waals surface area contributed by atoms with E-state index in [1.165, 1.54) is 6.07 Å². The molecule has 4 rings (SSSR count). The predicted octanol–water partition coefficient (Wildman–Crippen LogP) is 4.21. The predicted molar refractivity (Wildman–Crippen MR) is 129 cm³/mol. The molecule has 0 bridgehead atoms. The monoisotopic (exact) mass is 544 g/mol. The Balaban J connectivity index is 0.000000479. The third-order valence-corrected chi connectivity index (χ3v) is 6.13. The minimum Gasteiger partial charge on any atom is -0.475 e. The summed E-state index contributed by atoms with van der Waals surface area (Å²) in [5.74, 6) is -3.29. The lowest BCUT2D eigenvalue weighted by Crippen LogP contribution is -2.45. The largest absolute Gasteiger partial charge is 0.490 e. The zero-order chi connectivity index (χ0) is 27.3. The standard InChI is InChI=1S/C22H24ClFN4O2.C2HF3O2/c1-14(25-21(29)15-5-7-16(23)8-6-15)13-27-11-9-17(10-12-27)28-19-4-2-3-18(24)20(19)26-22(28)30;3-2(4,5)1(6)7/h2-8,14,17H,9-13H2,1H3,(H,25,29)(H,26,30);(H,6,7)/t14-;/m0./s1. The Labute approximate surface area is 213 Å². The molecule has 8 nitrogen and oxygen atoms in total. The number of hydrogen-bond acceptors (Lipinski definition) is 4. The molecule has 37 heavy (non-hydrogen) atoms. The van der Waals surface area contributed by atoms with E-state index in [-0.39, 0.29) is 29.2 Å². The van der Waals surface area contributed by atoms with Crippen molar-refractivity contribution in [1.29, 1.82) is 0 Å². The van der Waals surface area contributed by atoms with E-state index in [2.05, 4.69) is 15.2 Å². The minimum absolute atomic E-state index is 0.0189. The fraction of sp³-hybridized carbons (Fsp3) is 0.375. The van der Waals surface area contributed by atoms with E-state index in [9.17, 15) is 27.2 Å². The fourth-order valence-electron chi connectivity index (χ4n) is 4.18. The summed E-state index contributed by atoms with van der Waals surface area (Å²) in [5, 5.41) is 10.7. The van der Waals surface area contributed by atoms with Crippen LogP contribution in [-0.4, -0.2) is 63.3 Å². The Morgan fingerprint density at radius 3 is 2.32 bits per heavy atom. The number of aromatic amines is 1. The first kappa shape index (κ1) is 28.2. The quantitative estimate of drug-likeness (QED) is 0.417. The van der Waals surface area contributed by atoms with Crippen molar-refractivity contribution in [2.45, 2.75) is 38.0 Å². The zero-order valence-corrected chi connectivity index (χ0v) is 20.4. The van der Waals surface area contributed by atoms with Crippen LogP contribution in [0.4, 0.5) is 17.6 Å². The van der Waals surface area contributed by atoms with Crippen molar-refractivity contribution in [3.8, 4) is 0 Å². The van der Waals surface area contributed by atoms with Crippen LogP contribution >= 0.6 is 11.6 Å². The first-order chi connectivity index (χ1) is 17.4. The van der Waals surface area contributed by atoms with Crippen LogP contribution in [0.1, 0.15) is 36.2 Å². The number of carbonyl (C=O) groups is 2. The molecule has 0 unspecified atom stereocenters. The summed E-state index contributed by atoms with van der Waals surface area (Å²) in [4.78, 5) is 38.6. The number of aliphatic carboxylic acids is 1. The minimum atomic E-state index is -5.08. The van der Waals surface area contributed by atoms with Gasteiger partial charge in [0.25, 0.3) is 5.91 Å². The van der Waals surface area contributed by atoms with Gasteiger partial charge in [-0.2, -0.15) is 13.2 Å². The molecule has 0 aliphatic carbocycles. The van der Waals surface area contributed by atoms with Crippen molar-refractivity contribution < 1.29 is 32.3 Å². The van der Waals surface area contributed by atoms with E-state index in [0.29, 0.717) is 16.1 Å². The van der Waals surface area contributed by atoms with Gasteiger partial charge in [-0.05, 0) is 56.2 Å². The number of hydrogen-bond donors (Lipinski definition) is 3. The van der Waals surface area contributed by atoms with Gasteiger partial charge in [-0.15, -0.1) is 0 Å². The number of amides is 1. The Morgan fingerprint density at radius 2 is 1.76 bits per heavy atom. The number of alkyl halides is 3. The van der Waals surface area contributed by atoms with Gasteiger partial charge in [-0.1, -0.05) is 17.7 Å². The summed E-state index contributed by atoms with van der Waals surface area (Å²) in [6, 6.07) is 11.6. The van der Waals surface area contributed by atoms with E-state index >= 15 is 0 Å². The molecule has 3 aromatic rings. The van der Waals surface area contributed by atoms with Gasteiger partial charge < -0.3 is 20.3 Å². The molecule has 1 aliphatic heterocycles. The van der Waals surface area contributed by atoms with Crippen LogP contribution in [0.15, 0.2) is 47.3 Å². The van der Waals surface area contributed by atoms with E-state index in [0.717, 1.165) is 32.5 Å². The normalized spacial score (nSPS) is 15.6. The summed E-state index contributed by atoms with van der Waals surface area (Å²) >= 11 is 5.87. The first-order valence-electron chi connectivity index (χ1n) is 11.3. The number of carboxylic acids is 1. The lowest BCUT2D eigenvalue weighted by atomic mass is 10.0. The number of para-hydroxylation sites is 1. The molecular weight excluding hydrogens is 520 g/mol. The average Bonchev–Trinajstić information content (AvgIpc) is 3.17. The molecule has 1 saturated heterocycles. The number of carbonyl (C=O) groups excluding carboxylic acids is 1. The number of fused-ring (bicyclic) bond motifs is 1. The maximum Gasteiger partial charge on any atom is 0.490 e. The molecule has 2 heterocycles. The highest BCUT2D eigenvalue weighted by Gasteiger charge is 2.38. The number of H-pyrrole nitrogens is 1. The van der Waals surface area contributed by atoms with E-state index < -0.39 is 18.0 Å². The summed E-state index contributed by atoms with van der Waals surface area (Å²) < 4.78 is 47.4. The highest BCUT2D eigenvalue weighted by atomic mass is 35.5. The summed E-state index contributed by atoms with van der Waals surface area (Å²) in [7, 11) is 0. The maximum absolute atomic E-state index is 14.0. The lowest BCUT2D eigenvalue weighted by Gasteiger charge is -2.34. The van der Waals surface area contributed by atoms with Crippen LogP contribution in [0.25, 0.3) is 11.0 Å². The molecule has 0 spiro atoms. The van der Waals surface area contributed by atoms with Gasteiger partial charge in [-0.25, -0.2) is 14.0 Å². The first-order valence-corrected chi connectivity index (χ1v) is 11.7. The Morgan fingerprint density at radius 1 is 1.16 bits per heavy atom. The maximum atomic E-state index is 14.0. The van der Waals surface area contributed by atoms with Crippen molar-refractivity contribution >= 4 is 34.5 Å². The highest BCUT2D eigenvalue weighted by molar-refractivity contribution is 6.30. The smallest absolute Gasteiger partial charge is 0.475 e. The molecule has 1 fully saturated rings. The van der Waals surface area contributed by atoms with Crippen LogP contribution in [0.2, 0.25) is 5.02 Å². The number of likely N-dealkylation sites (tertiary alicyclic amines) is 1. The molecular formula is C24H25ClF4N4O4. The Hall–Kier alpha value is -3.38. The topological polar surface area (TPSA) is 107 Å². The van der Waals surface area contributed by atoms with Gasteiger partial charge in [0.15, 0.2) is 0 Å². The van der Waals surface area contributed by atoms with Gasteiger partial charge in [0.2, 0.25) is 0 Å². The van der Waals surface area contributed by atoms with E-state index in [4.69, 9.17) is 21.5 Å². The number of piperidine rings is 1. The number of benzene rings is 2. The van der Waals surface area contributed by atoms with Crippen molar-refractivity contribution in [1.82, 2.24) is 19.8 Å². The van der Waals surface area contributed by atoms with Crippen LogP contribution in [-0.2, 0) is 4.79 Å². The number of imidazole rings is 1. The fourth-order valence-corrected chi connectivity index (χ4v) is 4.30. The number of rotatable bonds is 5. The second kappa shape index (κ2) is 11.8. The molecule has 200 valence electrons. The van der Waals surface area contributed by atoms with E-state index in [1.807, 2.05) is 6.92 Å². The second-order valence-corrected chi connectivity index (χ2v) is 9.09. The summed E-state index contributed by atoms with van der Waals surface area (Å²) in [6.07, 6.45) is -3.50. The number of halogens is 5. The van der Waals surface area contributed by atoms with E-state index in [1.54, 1.807) is 41.0 Å². The molecule has 1 aliphatic rings. The van der Waals surface area contributed by atoms with Crippen LogP contribution in [0.3, 0.4) is 0 Å². The molecule has 2 aromatic carbocycles. The molecule has 3 N–H and O–H groups in total. The molecule has 13 heteroatoms. The second-order valence-electron chi connectivity index (χ2n) is 8.65. The SMILES string of the molecule is C[C@@H](CN1CCC(n2c(=O)[nH]c3c(F)cccc32)CC1)NC(=O)c1ccc(Cl)cc1.O=C(O)C(F)(F)F. The molecule has 1 amide bonds. The Kier molecular flexibility index (Phi) is 8.98. The van der Waals surface area contributed by atoms with Crippen LogP contribution in [0, 0.1) is 5.82 Å². The Bertz CT molecular complexity index is 1300.